The molecule has 0 atom stereocenters. The van der Waals surface area contributed by atoms with Gasteiger partial charge in [0.1, 0.15) is 5.75 Å². The Labute approximate surface area is 129 Å². The van der Waals surface area contributed by atoms with Gasteiger partial charge in [0.25, 0.3) is 5.91 Å². The summed E-state index contributed by atoms with van der Waals surface area (Å²) >= 11 is 5.97. The number of para-hydroxylation sites is 1. The molecule has 0 unspecified atom stereocenters. The summed E-state index contributed by atoms with van der Waals surface area (Å²) < 4.78 is 5.44. The summed E-state index contributed by atoms with van der Waals surface area (Å²) in [7, 11) is 0. The van der Waals surface area contributed by atoms with Crippen LogP contribution in [0.4, 0.5) is 0 Å². The molecule has 0 radical (unpaired) electrons. The Bertz CT molecular complexity index is 513. The number of halogens is 1. The number of nitrogens with zero attached hydrogens (tertiary/aromatic N) is 2. The van der Waals surface area contributed by atoms with Gasteiger partial charge in [-0.1, -0.05) is 30.7 Å². The van der Waals surface area contributed by atoms with Crippen molar-refractivity contribution in [3.63, 3.8) is 0 Å². The summed E-state index contributed by atoms with van der Waals surface area (Å²) in [5, 5.41) is 0.490. The molecular formula is C15H19ClN2O3. The molecule has 0 aromatic heterocycles. The molecule has 114 valence electrons. The van der Waals surface area contributed by atoms with Crippen LogP contribution in [0, 0.1) is 0 Å². The van der Waals surface area contributed by atoms with E-state index in [0.717, 1.165) is 0 Å². The molecule has 0 aliphatic carbocycles. The quantitative estimate of drug-likeness (QED) is 0.852. The number of carbonyl (C=O) groups is 2. The average Bonchev–Trinajstić information content (AvgIpc) is 2.53. The second-order valence-electron chi connectivity index (χ2n) is 4.83. The lowest BCUT2D eigenvalue weighted by atomic mass is 10.3. The molecule has 1 aromatic carbocycles. The van der Waals surface area contributed by atoms with Gasteiger partial charge in [0.15, 0.2) is 6.61 Å². The van der Waals surface area contributed by atoms with Crippen molar-refractivity contribution in [1.29, 1.82) is 0 Å². The molecule has 0 saturated carbocycles. The minimum Gasteiger partial charge on any atom is -0.482 e. The Hall–Kier alpha value is -1.75. The summed E-state index contributed by atoms with van der Waals surface area (Å²) in [4.78, 5) is 27.2. The van der Waals surface area contributed by atoms with Crippen molar-refractivity contribution in [2.75, 3.05) is 32.8 Å². The summed E-state index contributed by atoms with van der Waals surface area (Å²) in [5.74, 6) is 0.556. The molecule has 0 bridgehead atoms. The van der Waals surface area contributed by atoms with E-state index < -0.39 is 0 Å². The van der Waals surface area contributed by atoms with E-state index in [9.17, 15) is 9.59 Å². The number of hydrogen-bond donors (Lipinski definition) is 0. The molecular weight excluding hydrogens is 292 g/mol. The number of carbonyl (C=O) groups excluding carboxylic acids is 2. The zero-order valence-electron chi connectivity index (χ0n) is 12.0. The van der Waals surface area contributed by atoms with Crippen molar-refractivity contribution in [2.45, 2.75) is 13.3 Å². The Morgan fingerprint density at radius 1 is 1.10 bits per heavy atom. The van der Waals surface area contributed by atoms with Crippen LogP contribution in [0.1, 0.15) is 13.3 Å². The zero-order valence-corrected chi connectivity index (χ0v) is 12.8. The number of hydrogen-bond acceptors (Lipinski definition) is 3. The molecule has 0 N–H and O–H groups in total. The smallest absolute Gasteiger partial charge is 0.260 e. The molecule has 1 aliphatic heterocycles. The van der Waals surface area contributed by atoms with Crippen LogP contribution in [0.25, 0.3) is 0 Å². The van der Waals surface area contributed by atoms with Gasteiger partial charge in [-0.25, -0.2) is 0 Å². The van der Waals surface area contributed by atoms with Gasteiger partial charge in [0.05, 0.1) is 5.02 Å². The van der Waals surface area contributed by atoms with Crippen molar-refractivity contribution in [2.24, 2.45) is 0 Å². The van der Waals surface area contributed by atoms with Gasteiger partial charge >= 0.3 is 0 Å². The van der Waals surface area contributed by atoms with Gasteiger partial charge in [0.2, 0.25) is 5.91 Å². The van der Waals surface area contributed by atoms with Gasteiger partial charge in [-0.2, -0.15) is 0 Å². The molecule has 1 heterocycles. The van der Waals surface area contributed by atoms with E-state index in [-0.39, 0.29) is 18.4 Å². The number of rotatable bonds is 4. The Morgan fingerprint density at radius 2 is 1.67 bits per heavy atom. The van der Waals surface area contributed by atoms with Crippen LogP contribution in [0.3, 0.4) is 0 Å². The first kappa shape index (κ1) is 15.6. The minimum atomic E-state index is -0.0847. The maximum absolute atomic E-state index is 12.1. The fourth-order valence-corrected chi connectivity index (χ4v) is 2.41. The predicted octanol–water partition coefficient (Wildman–Crippen LogP) is 1.80. The van der Waals surface area contributed by atoms with E-state index >= 15 is 0 Å². The largest absolute Gasteiger partial charge is 0.482 e. The molecule has 1 aromatic rings. The van der Waals surface area contributed by atoms with E-state index in [1.165, 1.54) is 0 Å². The molecule has 1 fully saturated rings. The third kappa shape index (κ3) is 4.11. The Kier molecular flexibility index (Phi) is 5.44. The van der Waals surface area contributed by atoms with Crippen molar-refractivity contribution >= 4 is 23.4 Å². The van der Waals surface area contributed by atoms with Crippen LogP contribution in [0.2, 0.25) is 5.02 Å². The Morgan fingerprint density at radius 3 is 2.24 bits per heavy atom. The molecule has 5 nitrogen and oxygen atoms in total. The second-order valence-corrected chi connectivity index (χ2v) is 5.24. The maximum atomic E-state index is 12.1. The number of benzene rings is 1. The van der Waals surface area contributed by atoms with Gasteiger partial charge in [-0.15, -0.1) is 0 Å². The SMILES string of the molecule is CCC(=O)N1CCN(C(=O)COc2ccccc2Cl)CC1. The van der Waals surface area contributed by atoms with Gasteiger partial charge in [-0.05, 0) is 12.1 Å². The number of amides is 2. The third-order valence-electron chi connectivity index (χ3n) is 3.48. The Balaban J connectivity index is 1.80. The molecule has 6 heteroatoms. The van der Waals surface area contributed by atoms with Gasteiger partial charge in [0, 0.05) is 32.6 Å². The normalized spacial score (nSPS) is 15.0. The standard InChI is InChI=1S/C15H19ClN2O3/c1-2-14(19)17-7-9-18(10-8-17)15(20)11-21-13-6-4-3-5-12(13)16/h3-6H,2,7-11H2,1H3. The summed E-state index contributed by atoms with van der Waals surface area (Å²) in [6, 6.07) is 7.06. The van der Waals surface area contributed by atoms with Crippen LogP contribution in [0.15, 0.2) is 24.3 Å². The van der Waals surface area contributed by atoms with Crippen LogP contribution in [0.5, 0.6) is 5.75 Å². The summed E-state index contributed by atoms with van der Waals surface area (Å²) in [5.41, 5.74) is 0. The number of ether oxygens (including phenoxy) is 1. The highest BCUT2D eigenvalue weighted by atomic mass is 35.5. The highest BCUT2D eigenvalue weighted by Crippen LogP contribution is 2.23. The molecule has 0 spiro atoms. The van der Waals surface area contributed by atoms with Crippen LogP contribution in [-0.4, -0.2) is 54.4 Å². The first-order valence-corrected chi connectivity index (χ1v) is 7.42. The first-order chi connectivity index (χ1) is 10.1. The average molecular weight is 311 g/mol. The fourth-order valence-electron chi connectivity index (χ4n) is 2.22. The molecule has 1 aliphatic rings. The monoisotopic (exact) mass is 310 g/mol. The molecule has 2 amide bonds. The summed E-state index contributed by atoms with van der Waals surface area (Å²) in [6.45, 7) is 4.09. The molecule has 2 rings (SSSR count). The van der Waals surface area contributed by atoms with Gasteiger partial charge in [-0.3, -0.25) is 9.59 Å². The van der Waals surface area contributed by atoms with E-state index in [0.29, 0.717) is 43.4 Å². The summed E-state index contributed by atoms with van der Waals surface area (Å²) in [6.07, 6.45) is 0.504. The lowest BCUT2D eigenvalue weighted by Crippen LogP contribution is -2.51. The topological polar surface area (TPSA) is 49.9 Å². The second kappa shape index (κ2) is 7.31. The van der Waals surface area contributed by atoms with Crippen molar-refractivity contribution in [3.8, 4) is 5.75 Å². The lowest BCUT2D eigenvalue weighted by Gasteiger charge is -2.34. The van der Waals surface area contributed by atoms with E-state index in [1.807, 2.05) is 6.92 Å². The van der Waals surface area contributed by atoms with Crippen molar-refractivity contribution in [1.82, 2.24) is 9.80 Å². The lowest BCUT2D eigenvalue weighted by molar-refractivity contribution is -0.140. The highest BCUT2D eigenvalue weighted by molar-refractivity contribution is 6.32. The molecule has 21 heavy (non-hydrogen) atoms. The van der Waals surface area contributed by atoms with E-state index in [1.54, 1.807) is 34.1 Å². The third-order valence-corrected chi connectivity index (χ3v) is 3.79. The number of piperazine rings is 1. The zero-order chi connectivity index (χ0) is 15.2. The van der Waals surface area contributed by atoms with E-state index in [4.69, 9.17) is 16.3 Å². The maximum Gasteiger partial charge on any atom is 0.260 e. The predicted molar refractivity (Wildman–Crippen MR) is 80.4 cm³/mol. The fraction of sp³-hybridized carbons (Fsp3) is 0.467. The van der Waals surface area contributed by atoms with Crippen molar-refractivity contribution in [3.05, 3.63) is 29.3 Å². The van der Waals surface area contributed by atoms with Crippen molar-refractivity contribution < 1.29 is 14.3 Å². The van der Waals surface area contributed by atoms with Gasteiger partial charge < -0.3 is 14.5 Å². The molecule has 1 saturated heterocycles. The highest BCUT2D eigenvalue weighted by Gasteiger charge is 2.23. The van der Waals surface area contributed by atoms with Crippen LogP contribution >= 0.6 is 11.6 Å². The van der Waals surface area contributed by atoms with E-state index in [2.05, 4.69) is 0 Å². The minimum absolute atomic E-state index is 0.0363. The van der Waals surface area contributed by atoms with Crippen LogP contribution < -0.4 is 4.74 Å². The van der Waals surface area contributed by atoms with Crippen LogP contribution in [-0.2, 0) is 9.59 Å². The first-order valence-electron chi connectivity index (χ1n) is 7.04.